The fraction of sp³-hybridized carbons (Fsp3) is 0.333. The Balaban J connectivity index is 2.06. The minimum atomic E-state index is -4.44. The van der Waals surface area contributed by atoms with E-state index in [0.29, 0.717) is 11.1 Å². The van der Waals surface area contributed by atoms with Gasteiger partial charge in [0.25, 0.3) is 5.91 Å². The molecule has 7 heteroatoms. The number of hydrogen-bond donors (Lipinski definition) is 2. The molecule has 4 nitrogen and oxygen atoms in total. The molecule has 2 rings (SSSR count). The van der Waals surface area contributed by atoms with Crippen molar-refractivity contribution in [2.24, 2.45) is 5.92 Å². The molecule has 2 N–H and O–H groups in total. The van der Waals surface area contributed by atoms with Gasteiger partial charge in [-0.3, -0.25) is 9.59 Å². The fourth-order valence-corrected chi connectivity index (χ4v) is 2.74. The number of rotatable bonds is 6. The Morgan fingerprint density at radius 3 is 2.32 bits per heavy atom. The van der Waals surface area contributed by atoms with Crippen LogP contribution in [0, 0.1) is 12.8 Å². The molecule has 2 aromatic carbocycles. The van der Waals surface area contributed by atoms with Crippen molar-refractivity contribution in [2.75, 3.05) is 0 Å². The van der Waals surface area contributed by atoms with Crippen LogP contribution in [0.4, 0.5) is 13.2 Å². The summed E-state index contributed by atoms with van der Waals surface area (Å²) in [5.74, 6) is -1.02. The highest BCUT2D eigenvalue weighted by atomic mass is 19.4. The summed E-state index contributed by atoms with van der Waals surface area (Å²) in [6.07, 6.45) is -4.44. The van der Waals surface area contributed by atoms with Crippen molar-refractivity contribution >= 4 is 11.8 Å². The first-order valence-electron chi connectivity index (χ1n) is 8.90. The number of halogens is 3. The smallest absolute Gasteiger partial charge is 0.350 e. The molecule has 0 bridgehead atoms. The molecule has 0 saturated carbocycles. The SMILES string of the molecule is Cc1ccccc1C(=O)N[C@@H](C(=O)NCc1cccc(C(F)(F)F)c1)C(C)C. The number of benzene rings is 2. The second kappa shape index (κ2) is 8.91. The van der Waals surface area contributed by atoms with E-state index in [-0.39, 0.29) is 18.4 Å². The summed E-state index contributed by atoms with van der Waals surface area (Å²) in [4.78, 5) is 25.0. The molecule has 0 aliphatic rings. The Hall–Kier alpha value is -2.83. The quantitative estimate of drug-likeness (QED) is 0.778. The first kappa shape index (κ1) is 21.5. The van der Waals surface area contributed by atoms with Crippen molar-refractivity contribution in [2.45, 2.75) is 39.5 Å². The van der Waals surface area contributed by atoms with E-state index in [0.717, 1.165) is 17.7 Å². The Labute approximate surface area is 162 Å². The van der Waals surface area contributed by atoms with Crippen molar-refractivity contribution in [3.63, 3.8) is 0 Å². The first-order chi connectivity index (χ1) is 13.1. The molecule has 0 fully saturated rings. The number of amides is 2. The molecule has 150 valence electrons. The lowest BCUT2D eigenvalue weighted by Crippen LogP contribution is -2.49. The van der Waals surface area contributed by atoms with Gasteiger partial charge < -0.3 is 10.6 Å². The van der Waals surface area contributed by atoms with Gasteiger partial charge in [0.1, 0.15) is 6.04 Å². The van der Waals surface area contributed by atoms with E-state index in [1.54, 1.807) is 39.0 Å². The lowest BCUT2D eigenvalue weighted by molar-refractivity contribution is -0.137. The van der Waals surface area contributed by atoms with Gasteiger partial charge in [0.15, 0.2) is 0 Å². The van der Waals surface area contributed by atoms with E-state index in [9.17, 15) is 22.8 Å². The van der Waals surface area contributed by atoms with Crippen LogP contribution in [-0.4, -0.2) is 17.9 Å². The van der Waals surface area contributed by atoms with Gasteiger partial charge in [-0.05, 0) is 42.2 Å². The van der Waals surface area contributed by atoms with Gasteiger partial charge in [-0.15, -0.1) is 0 Å². The summed E-state index contributed by atoms with van der Waals surface area (Å²) in [5, 5.41) is 5.32. The topological polar surface area (TPSA) is 58.2 Å². The molecule has 2 amide bonds. The average Bonchev–Trinajstić information content (AvgIpc) is 2.63. The Bertz CT molecular complexity index is 848. The molecule has 0 aliphatic heterocycles. The minimum Gasteiger partial charge on any atom is -0.350 e. The largest absolute Gasteiger partial charge is 0.416 e. The number of carbonyl (C=O) groups is 2. The molecule has 0 saturated heterocycles. The number of aryl methyl sites for hydroxylation is 1. The van der Waals surface area contributed by atoms with Gasteiger partial charge in [-0.2, -0.15) is 13.2 Å². The highest BCUT2D eigenvalue weighted by Crippen LogP contribution is 2.29. The maximum Gasteiger partial charge on any atom is 0.416 e. The third-order valence-corrected chi connectivity index (χ3v) is 4.35. The summed E-state index contributed by atoms with van der Waals surface area (Å²) >= 11 is 0. The van der Waals surface area contributed by atoms with Crippen LogP contribution in [0.25, 0.3) is 0 Å². The summed E-state index contributed by atoms with van der Waals surface area (Å²) in [6.45, 7) is 5.30. The number of nitrogens with one attached hydrogen (secondary N) is 2. The Morgan fingerprint density at radius 1 is 1.04 bits per heavy atom. The van der Waals surface area contributed by atoms with Crippen molar-refractivity contribution in [1.29, 1.82) is 0 Å². The molecule has 0 heterocycles. The normalized spacial score (nSPS) is 12.5. The van der Waals surface area contributed by atoms with E-state index in [2.05, 4.69) is 10.6 Å². The highest BCUT2D eigenvalue weighted by molar-refractivity contribution is 5.98. The zero-order chi connectivity index (χ0) is 20.9. The van der Waals surface area contributed by atoms with E-state index in [4.69, 9.17) is 0 Å². The summed E-state index contributed by atoms with van der Waals surface area (Å²) < 4.78 is 38.4. The van der Waals surface area contributed by atoms with E-state index in [1.165, 1.54) is 12.1 Å². The van der Waals surface area contributed by atoms with Crippen molar-refractivity contribution in [3.05, 3.63) is 70.8 Å². The number of hydrogen-bond acceptors (Lipinski definition) is 2. The fourth-order valence-electron chi connectivity index (χ4n) is 2.74. The van der Waals surface area contributed by atoms with Gasteiger partial charge in [0.2, 0.25) is 5.91 Å². The van der Waals surface area contributed by atoms with Gasteiger partial charge in [0.05, 0.1) is 5.56 Å². The van der Waals surface area contributed by atoms with E-state index in [1.807, 2.05) is 6.07 Å². The Kier molecular flexibility index (Phi) is 6.83. The lowest BCUT2D eigenvalue weighted by atomic mass is 10.0. The molecule has 1 atom stereocenters. The van der Waals surface area contributed by atoms with Crippen LogP contribution in [0.2, 0.25) is 0 Å². The zero-order valence-electron chi connectivity index (χ0n) is 15.9. The molecule has 2 aromatic rings. The molecular weight excluding hydrogens is 369 g/mol. The summed E-state index contributed by atoms with van der Waals surface area (Å²) in [5.41, 5.74) is 0.814. The third kappa shape index (κ3) is 5.58. The maximum atomic E-state index is 12.8. The standard InChI is InChI=1S/C21H23F3N2O2/c1-13(2)18(26-19(27)17-10-5-4-7-14(17)3)20(28)25-12-15-8-6-9-16(11-15)21(22,23)24/h4-11,13,18H,12H2,1-3H3,(H,25,28)(H,26,27)/t18-/m1/s1. The zero-order valence-corrected chi connectivity index (χ0v) is 15.9. The summed E-state index contributed by atoms with van der Waals surface area (Å²) in [7, 11) is 0. The minimum absolute atomic E-state index is 0.0633. The molecule has 28 heavy (non-hydrogen) atoms. The van der Waals surface area contributed by atoms with Crippen LogP contribution < -0.4 is 10.6 Å². The van der Waals surface area contributed by atoms with Gasteiger partial charge in [0, 0.05) is 12.1 Å². The predicted molar refractivity (Wildman–Crippen MR) is 101 cm³/mol. The molecular formula is C21H23F3N2O2. The van der Waals surface area contributed by atoms with Crippen LogP contribution in [0.3, 0.4) is 0 Å². The Morgan fingerprint density at radius 2 is 1.71 bits per heavy atom. The number of alkyl halides is 3. The van der Waals surface area contributed by atoms with Gasteiger partial charge >= 0.3 is 6.18 Å². The first-order valence-corrected chi connectivity index (χ1v) is 8.90. The van der Waals surface area contributed by atoms with Crippen molar-refractivity contribution < 1.29 is 22.8 Å². The predicted octanol–water partition coefficient (Wildman–Crippen LogP) is 4.08. The third-order valence-electron chi connectivity index (χ3n) is 4.35. The monoisotopic (exact) mass is 392 g/mol. The van der Waals surface area contributed by atoms with Crippen LogP contribution in [0.5, 0.6) is 0 Å². The van der Waals surface area contributed by atoms with Crippen LogP contribution in [0.1, 0.15) is 40.9 Å². The van der Waals surface area contributed by atoms with Crippen LogP contribution >= 0.6 is 0 Å². The lowest BCUT2D eigenvalue weighted by Gasteiger charge is -2.22. The molecule has 0 aromatic heterocycles. The second-order valence-corrected chi connectivity index (χ2v) is 6.93. The maximum absolute atomic E-state index is 12.8. The molecule has 0 aliphatic carbocycles. The van der Waals surface area contributed by atoms with Gasteiger partial charge in [-0.25, -0.2) is 0 Å². The van der Waals surface area contributed by atoms with E-state index < -0.39 is 23.7 Å². The van der Waals surface area contributed by atoms with Gasteiger partial charge in [-0.1, -0.05) is 44.2 Å². The molecule has 0 unspecified atom stereocenters. The number of carbonyl (C=O) groups excluding carboxylic acids is 2. The van der Waals surface area contributed by atoms with Crippen molar-refractivity contribution in [3.8, 4) is 0 Å². The van der Waals surface area contributed by atoms with Crippen LogP contribution in [0.15, 0.2) is 48.5 Å². The van der Waals surface area contributed by atoms with Crippen LogP contribution in [-0.2, 0) is 17.5 Å². The molecule has 0 radical (unpaired) electrons. The second-order valence-electron chi connectivity index (χ2n) is 6.93. The highest BCUT2D eigenvalue weighted by Gasteiger charge is 2.30. The van der Waals surface area contributed by atoms with Crippen molar-refractivity contribution in [1.82, 2.24) is 10.6 Å². The average molecular weight is 392 g/mol. The summed E-state index contributed by atoms with van der Waals surface area (Å²) in [6, 6.07) is 11.0. The van der Waals surface area contributed by atoms with E-state index >= 15 is 0 Å². The molecule has 0 spiro atoms.